The van der Waals surface area contributed by atoms with Crippen molar-refractivity contribution in [1.82, 2.24) is 10.6 Å². The van der Waals surface area contributed by atoms with E-state index in [1.54, 1.807) is 7.05 Å². The highest BCUT2D eigenvalue weighted by atomic mass is 16.1. The molecule has 0 heterocycles. The summed E-state index contributed by atoms with van der Waals surface area (Å²) in [5, 5.41) is 8.30. The third-order valence-electron chi connectivity index (χ3n) is 3.14. The van der Waals surface area contributed by atoms with Gasteiger partial charge in [0.15, 0.2) is 0 Å². The third kappa shape index (κ3) is 2.68. The molecule has 1 unspecified atom stereocenters. The molecule has 0 saturated heterocycles. The number of carbonyl (C=O) groups excluding carboxylic acids is 1. The molecule has 0 aliphatic carbocycles. The maximum Gasteiger partial charge on any atom is 0.233 e. The highest BCUT2D eigenvalue weighted by Gasteiger charge is 2.09. The zero-order valence-corrected chi connectivity index (χ0v) is 10.7. The second-order valence-corrected chi connectivity index (χ2v) is 4.34. The van der Waals surface area contributed by atoms with Crippen LogP contribution >= 0.6 is 0 Å². The smallest absolute Gasteiger partial charge is 0.233 e. The number of hydrogen-bond donors (Lipinski definition) is 2. The molecule has 2 aromatic carbocycles. The highest BCUT2D eigenvalue weighted by Crippen LogP contribution is 2.23. The summed E-state index contributed by atoms with van der Waals surface area (Å²) in [4.78, 5) is 11.2. The lowest BCUT2D eigenvalue weighted by Gasteiger charge is -2.16. The van der Waals surface area contributed by atoms with Gasteiger partial charge in [-0.1, -0.05) is 42.5 Å². The van der Waals surface area contributed by atoms with Crippen molar-refractivity contribution in [3.05, 3.63) is 48.0 Å². The number of nitrogens with one attached hydrogen (secondary N) is 2. The molecule has 0 saturated carbocycles. The second-order valence-electron chi connectivity index (χ2n) is 4.34. The highest BCUT2D eigenvalue weighted by molar-refractivity contribution is 5.86. The molecule has 0 aliphatic rings. The van der Waals surface area contributed by atoms with Crippen LogP contribution in [0.15, 0.2) is 42.5 Å². The molecule has 3 heteroatoms. The lowest BCUT2D eigenvalue weighted by Crippen LogP contribution is -2.32. The first kappa shape index (κ1) is 12.6. The number of hydrogen-bond acceptors (Lipinski definition) is 2. The van der Waals surface area contributed by atoms with Gasteiger partial charge in [-0.3, -0.25) is 4.79 Å². The summed E-state index contributed by atoms with van der Waals surface area (Å²) in [7, 11) is 1.65. The fraction of sp³-hybridized carbons (Fsp3) is 0.267. The van der Waals surface area contributed by atoms with E-state index in [0.29, 0.717) is 6.54 Å². The number of amides is 1. The van der Waals surface area contributed by atoms with Gasteiger partial charge < -0.3 is 10.6 Å². The van der Waals surface area contributed by atoms with E-state index in [2.05, 4.69) is 47.9 Å². The van der Waals surface area contributed by atoms with E-state index < -0.39 is 0 Å². The van der Waals surface area contributed by atoms with Crippen LogP contribution in [-0.4, -0.2) is 19.5 Å². The molecule has 1 atom stereocenters. The van der Waals surface area contributed by atoms with E-state index >= 15 is 0 Å². The van der Waals surface area contributed by atoms with Gasteiger partial charge in [0.1, 0.15) is 0 Å². The Labute approximate surface area is 107 Å². The first-order valence-corrected chi connectivity index (χ1v) is 6.14. The third-order valence-corrected chi connectivity index (χ3v) is 3.14. The predicted octanol–water partition coefficient (Wildman–Crippen LogP) is 2.24. The van der Waals surface area contributed by atoms with E-state index in [9.17, 15) is 4.79 Å². The quantitative estimate of drug-likeness (QED) is 0.863. The van der Waals surface area contributed by atoms with Gasteiger partial charge in [-0.05, 0) is 23.3 Å². The van der Waals surface area contributed by atoms with Crippen LogP contribution in [0, 0.1) is 0 Å². The van der Waals surface area contributed by atoms with Crippen molar-refractivity contribution in [3.63, 3.8) is 0 Å². The Balaban J connectivity index is 2.22. The molecule has 0 spiro atoms. The van der Waals surface area contributed by atoms with Gasteiger partial charge >= 0.3 is 0 Å². The summed E-state index contributed by atoms with van der Waals surface area (Å²) in [6.07, 6.45) is 0. The summed E-state index contributed by atoms with van der Waals surface area (Å²) >= 11 is 0. The number of benzene rings is 2. The minimum absolute atomic E-state index is 0.00193. The van der Waals surface area contributed by atoms with Crippen molar-refractivity contribution in [2.75, 3.05) is 13.6 Å². The minimum Gasteiger partial charge on any atom is -0.358 e. The Morgan fingerprint density at radius 2 is 1.89 bits per heavy atom. The fourth-order valence-electron chi connectivity index (χ4n) is 2.07. The topological polar surface area (TPSA) is 41.1 Å². The predicted molar refractivity (Wildman–Crippen MR) is 74.4 cm³/mol. The van der Waals surface area contributed by atoms with Crippen molar-refractivity contribution in [3.8, 4) is 0 Å². The van der Waals surface area contributed by atoms with Gasteiger partial charge in [-0.2, -0.15) is 0 Å². The summed E-state index contributed by atoms with van der Waals surface area (Å²) in [5.41, 5.74) is 1.22. The molecular weight excluding hydrogens is 224 g/mol. The molecule has 0 aliphatic heterocycles. The molecule has 94 valence electrons. The zero-order valence-electron chi connectivity index (χ0n) is 10.7. The summed E-state index contributed by atoms with van der Waals surface area (Å²) in [6.45, 7) is 2.41. The first-order chi connectivity index (χ1) is 8.72. The van der Waals surface area contributed by atoms with Gasteiger partial charge in [0.2, 0.25) is 5.91 Å². The fourth-order valence-corrected chi connectivity index (χ4v) is 2.07. The van der Waals surface area contributed by atoms with Crippen LogP contribution in [-0.2, 0) is 4.79 Å². The van der Waals surface area contributed by atoms with Crippen LogP contribution in [0.5, 0.6) is 0 Å². The van der Waals surface area contributed by atoms with Gasteiger partial charge in [-0.25, -0.2) is 0 Å². The molecule has 0 fully saturated rings. The molecule has 0 aromatic heterocycles. The standard InChI is InChI=1S/C15H18N2O/c1-11(17-10-15(18)16-2)13-9-5-7-12-6-3-4-8-14(12)13/h3-9,11,17H,10H2,1-2H3,(H,16,18). The average Bonchev–Trinajstić information content (AvgIpc) is 2.43. The van der Waals surface area contributed by atoms with Crippen LogP contribution in [0.3, 0.4) is 0 Å². The Bertz CT molecular complexity index is 546. The molecule has 2 N–H and O–H groups in total. The van der Waals surface area contributed by atoms with Gasteiger partial charge in [0, 0.05) is 13.1 Å². The van der Waals surface area contributed by atoms with E-state index in [0.717, 1.165) is 0 Å². The van der Waals surface area contributed by atoms with E-state index in [1.165, 1.54) is 16.3 Å². The van der Waals surface area contributed by atoms with Crippen LogP contribution < -0.4 is 10.6 Å². The van der Waals surface area contributed by atoms with E-state index in [-0.39, 0.29) is 11.9 Å². The molecule has 2 rings (SSSR count). The normalized spacial score (nSPS) is 12.3. The van der Waals surface area contributed by atoms with Gasteiger partial charge in [0.05, 0.1) is 6.54 Å². The number of fused-ring (bicyclic) bond motifs is 1. The minimum atomic E-state index is 0.00193. The summed E-state index contributed by atoms with van der Waals surface area (Å²) < 4.78 is 0. The average molecular weight is 242 g/mol. The van der Waals surface area contributed by atoms with Crippen LogP contribution in [0.4, 0.5) is 0 Å². The Morgan fingerprint density at radius 3 is 2.67 bits per heavy atom. The summed E-state index contributed by atoms with van der Waals surface area (Å²) in [6, 6.07) is 14.7. The first-order valence-electron chi connectivity index (χ1n) is 6.14. The Kier molecular flexibility index (Phi) is 3.95. The van der Waals surface area contributed by atoms with Gasteiger partial charge in [0.25, 0.3) is 0 Å². The molecule has 18 heavy (non-hydrogen) atoms. The number of carbonyl (C=O) groups is 1. The van der Waals surface area contributed by atoms with E-state index in [4.69, 9.17) is 0 Å². The van der Waals surface area contributed by atoms with Crippen LogP contribution in [0.25, 0.3) is 10.8 Å². The van der Waals surface area contributed by atoms with E-state index in [1.807, 2.05) is 12.1 Å². The summed E-state index contributed by atoms with van der Waals surface area (Å²) in [5.74, 6) is 0.00193. The van der Waals surface area contributed by atoms with Crippen molar-refractivity contribution in [2.24, 2.45) is 0 Å². The maximum atomic E-state index is 11.2. The molecule has 0 bridgehead atoms. The molecular formula is C15H18N2O. The molecule has 0 radical (unpaired) electrons. The SMILES string of the molecule is CNC(=O)CNC(C)c1cccc2ccccc12. The maximum absolute atomic E-state index is 11.2. The largest absolute Gasteiger partial charge is 0.358 e. The second kappa shape index (κ2) is 5.65. The molecule has 2 aromatic rings. The van der Waals surface area contributed by atoms with Crippen molar-refractivity contribution in [2.45, 2.75) is 13.0 Å². The number of likely N-dealkylation sites (N-methyl/N-ethyl adjacent to an activating group) is 1. The monoisotopic (exact) mass is 242 g/mol. The van der Waals surface area contributed by atoms with Crippen molar-refractivity contribution in [1.29, 1.82) is 0 Å². The van der Waals surface area contributed by atoms with Crippen molar-refractivity contribution >= 4 is 16.7 Å². The van der Waals surface area contributed by atoms with Gasteiger partial charge in [-0.15, -0.1) is 0 Å². The lowest BCUT2D eigenvalue weighted by atomic mass is 10.00. The Morgan fingerprint density at radius 1 is 1.17 bits per heavy atom. The molecule has 3 nitrogen and oxygen atoms in total. The van der Waals surface area contributed by atoms with Crippen LogP contribution in [0.2, 0.25) is 0 Å². The molecule has 1 amide bonds. The van der Waals surface area contributed by atoms with Crippen LogP contribution in [0.1, 0.15) is 18.5 Å². The Hall–Kier alpha value is -1.87. The number of rotatable bonds is 4. The zero-order chi connectivity index (χ0) is 13.0. The lowest BCUT2D eigenvalue weighted by molar-refractivity contribution is -0.119. The van der Waals surface area contributed by atoms with Crippen molar-refractivity contribution < 1.29 is 4.79 Å².